The summed E-state index contributed by atoms with van der Waals surface area (Å²) in [5, 5.41) is 0. The van der Waals surface area contributed by atoms with Crippen LogP contribution in [0.4, 0.5) is 0 Å². The second-order valence-electron chi connectivity index (χ2n) is 4.36. The van der Waals surface area contributed by atoms with E-state index in [-0.39, 0.29) is 0 Å². The first-order valence-electron chi connectivity index (χ1n) is 5.96. The molecule has 1 aliphatic heterocycles. The fourth-order valence-electron chi connectivity index (χ4n) is 1.89. The van der Waals surface area contributed by atoms with Gasteiger partial charge >= 0.3 is 0 Å². The van der Waals surface area contributed by atoms with E-state index in [9.17, 15) is 0 Å². The molecule has 2 aromatic rings. The van der Waals surface area contributed by atoms with E-state index in [2.05, 4.69) is 43.3 Å². The van der Waals surface area contributed by atoms with E-state index in [1.54, 1.807) is 0 Å². The molecule has 2 aromatic carbocycles. The molecule has 0 bridgehead atoms. The Hall–Kier alpha value is -2.22. The van der Waals surface area contributed by atoms with Crippen molar-refractivity contribution in [1.82, 2.24) is 0 Å². The zero-order valence-corrected chi connectivity index (χ0v) is 10.2. The van der Waals surface area contributed by atoms with Crippen molar-refractivity contribution in [3.05, 3.63) is 59.2 Å². The SMILES string of the molecule is Cc1ccc(/C=C/c2ccc3c(c2)OCO3)cc1. The molecule has 1 heterocycles. The van der Waals surface area contributed by atoms with Gasteiger partial charge in [-0.2, -0.15) is 0 Å². The molecule has 0 aliphatic carbocycles. The second kappa shape index (κ2) is 4.57. The van der Waals surface area contributed by atoms with Gasteiger partial charge < -0.3 is 9.47 Å². The first-order chi connectivity index (χ1) is 8.81. The van der Waals surface area contributed by atoms with Crippen LogP contribution in [0.3, 0.4) is 0 Å². The molecule has 0 saturated carbocycles. The topological polar surface area (TPSA) is 18.5 Å². The van der Waals surface area contributed by atoms with Gasteiger partial charge in [0.2, 0.25) is 6.79 Å². The van der Waals surface area contributed by atoms with E-state index < -0.39 is 0 Å². The molecular formula is C16H14O2. The van der Waals surface area contributed by atoms with Crippen molar-refractivity contribution in [2.75, 3.05) is 6.79 Å². The molecule has 0 unspecified atom stereocenters. The van der Waals surface area contributed by atoms with Crippen LogP contribution in [0, 0.1) is 6.92 Å². The average molecular weight is 238 g/mol. The Morgan fingerprint density at radius 2 is 1.50 bits per heavy atom. The Morgan fingerprint density at radius 3 is 2.33 bits per heavy atom. The van der Waals surface area contributed by atoms with Crippen LogP contribution >= 0.6 is 0 Å². The summed E-state index contributed by atoms with van der Waals surface area (Å²) in [5.74, 6) is 1.64. The number of aryl methyl sites for hydroxylation is 1. The van der Waals surface area contributed by atoms with Gasteiger partial charge in [0.1, 0.15) is 0 Å². The van der Waals surface area contributed by atoms with Crippen molar-refractivity contribution >= 4 is 12.2 Å². The monoisotopic (exact) mass is 238 g/mol. The van der Waals surface area contributed by atoms with Crippen LogP contribution in [0.5, 0.6) is 11.5 Å². The molecule has 0 fully saturated rings. The van der Waals surface area contributed by atoms with Gasteiger partial charge in [-0.25, -0.2) is 0 Å². The van der Waals surface area contributed by atoms with Gasteiger partial charge in [-0.1, -0.05) is 48.0 Å². The first kappa shape index (κ1) is 10.9. The van der Waals surface area contributed by atoms with Crippen LogP contribution in [0.25, 0.3) is 12.2 Å². The summed E-state index contributed by atoms with van der Waals surface area (Å²) < 4.78 is 10.6. The van der Waals surface area contributed by atoms with Gasteiger partial charge in [0.05, 0.1) is 0 Å². The number of hydrogen-bond donors (Lipinski definition) is 0. The fourth-order valence-corrected chi connectivity index (χ4v) is 1.89. The van der Waals surface area contributed by atoms with Gasteiger partial charge in [0.15, 0.2) is 11.5 Å². The third kappa shape index (κ3) is 2.23. The third-order valence-corrected chi connectivity index (χ3v) is 2.94. The van der Waals surface area contributed by atoms with Crippen LogP contribution in [0.2, 0.25) is 0 Å². The van der Waals surface area contributed by atoms with E-state index in [4.69, 9.17) is 9.47 Å². The maximum absolute atomic E-state index is 5.35. The standard InChI is InChI=1S/C16H14O2/c1-12-2-4-13(5-3-12)6-7-14-8-9-15-16(10-14)18-11-17-15/h2-10H,11H2,1H3/b7-6+. The molecule has 0 amide bonds. The Balaban J connectivity index is 1.82. The van der Waals surface area contributed by atoms with Crippen LogP contribution < -0.4 is 9.47 Å². The van der Waals surface area contributed by atoms with Crippen molar-refractivity contribution in [2.45, 2.75) is 6.92 Å². The summed E-state index contributed by atoms with van der Waals surface area (Å²) >= 11 is 0. The molecule has 0 aromatic heterocycles. The lowest BCUT2D eigenvalue weighted by Crippen LogP contribution is -1.92. The van der Waals surface area contributed by atoms with E-state index in [0.717, 1.165) is 17.1 Å². The van der Waals surface area contributed by atoms with Gasteiger partial charge in [0.25, 0.3) is 0 Å². The summed E-state index contributed by atoms with van der Waals surface area (Å²) in [6, 6.07) is 14.4. The molecule has 18 heavy (non-hydrogen) atoms. The van der Waals surface area contributed by atoms with Crippen molar-refractivity contribution in [2.24, 2.45) is 0 Å². The quantitative estimate of drug-likeness (QED) is 0.739. The largest absolute Gasteiger partial charge is 0.454 e. The van der Waals surface area contributed by atoms with E-state index in [1.807, 2.05) is 18.2 Å². The first-order valence-corrected chi connectivity index (χ1v) is 5.96. The lowest BCUT2D eigenvalue weighted by molar-refractivity contribution is 0.174. The summed E-state index contributed by atoms with van der Waals surface area (Å²) in [7, 11) is 0. The molecule has 3 rings (SSSR count). The zero-order valence-electron chi connectivity index (χ0n) is 10.2. The van der Waals surface area contributed by atoms with Crippen LogP contribution in [0.1, 0.15) is 16.7 Å². The predicted octanol–water partition coefficient (Wildman–Crippen LogP) is 3.89. The number of ether oxygens (including phenoxy) is 2. The fraction of sp³-hybridized carbons (Fsp3) is 0.125. The molecule has 1 aliphatic rings. The Labute approximate surface area is 106 Å². The summed E-state index contributed by atoms with van der Waals surface area (Å²) in [6.07, 6.45) is 4.17. The zero-order chi connectivity index (χ0) is 12.4. The Kier molecular flexibility index (Phi) is 2.77. The van der Waals surface area contributed by atoms with E-state index >= 15 is 0 Å². The number of fused-ring (bicyclic) bond motifs is 1. The normalized spacial score (nSPS) is 13.2. The number of rotatable bonds is 2. The van der Waals surface area contributed by atoms with Crippen LogP contribution in [-0.2, 0) is 0 Å². The molecular weight excluding hydrogens is 224 g/mol. The van der Waals surface area contributed by atoms with Gasteiger partial charge in [-0.05, 0) is 30.2 Å². The van der Waals surface area contributed by atoms with E-state index in [1.165, 1.54) is 11.1 Å². The lowest BCUT2D eigenvalue weighted by Gasteiger charge is -1.98. The minimum absolute atomic E-state index is 0.320. The van der Waals surface area contributed by atoms with Gasteiger partial charge in [-0.15, -0.1) is 0 Å². The highest BCUT2D eigenvalue weighted by Gasteiger charge is 2.11. The minimum atomic E-state index is 0.320. The predicted molar refractivity (Wildman–Crippen MR) is 72.7 cm³/mol. The average Bonchev–Trinajstić information content (AvgIpc) is 2.85. The molecule has 0 radical (unpaired) electrons. The molecule has 0 spiro atoms. The van der Waals surface area contributed by atoms with Crippen molar-refractivity contribution < 1.29 is 9.47 Å². The summed E-state index contributed by atoms with van der Waals surface area (Å²) in [4.78, 5) is 0. The Bertz CT molecular complexity index is 583. The van der Waals surface area contributed by atoms with Gasteiger partial charge in [0, 0.05) is 0 Å². The molecule has 0 saturated heterocycles. The highest BCUT2D eigenvalue weighted by Crippen LogP contribution is 2.32. The molecule has 2 nitrogen and oxygen atoms in total. The molecule has 0 atom stereocenters. The highest BCUT2D eigenvalue weighted by molar-refractivity contribution is 5.71. The Morgan fingerprint density at radius 1 is 0.833 bits per heavy atom. The van der Waals surface area contributed by atoms with E-state index in [0.29, 0.717) is 6.79 Å². The van der Waals surface area contributed by atoms with Gasteiger partial charge in [-0.3, -0.25) is 0 Å². The highest BCUT2D eigenvalue weighted by atomic mass is 16.7. The summed E-state index contributed by atoms with van der Waals surface area (Å²) in [5.41, 5.74) is 3.58. The number of benzene rings is 2. The third-order valence-electron chi connectivity index (χ3n) is 2.94. The number of hydrogen-bond acceptors (Lipinski definition) is 2. The maximum atomic E-state index is 5.35. The lowest BCUT2D eigenvalue weighted by atomic mass is 10.1. The second-order valence-corrected chi connectivity index (χ2v) is 4.36. The maximum Gasteiger partial charge on any atom is 0.231 e. The summed E-state index contributed by atoms with van der Waals surface area (Å²) in [6.45, 7) is 2.41. The van der Waals surface area contributed by atoms with Crippen LogP contribution in [0.15, 0.2) is 42.5 Å². The van der Waals surface area contributed by atoms with Crippen molar-refractivity contribution in [3.63, 3.8) is 0 Å². The van der Waals surface area contributed by atoms with Crippen LogP contribution in [-0.4, -0.2) is 6.79 Å². The smallest absolute Gasteiger partial charge is 0.231 e. The van der Waals surface area contributed by atoms with Crippen molar-refractivity contribution in [1.29, 1.82) is 0 Å². The van der Waals surface area contributed by atoms with Crippen molar-refractivity contribution in [3.8, 4) is 11.5 Å². The minimum Gasteiger partial charge on any atom is -0.454 e. The molecule has 0 N–H and O–H groups in total. The molecule has 2 heteroatoms. The molecule has 90 valence electrons.